The highest BCUT2D eigenvalue weighted by atomic mass is 16.6. The van der Waals surface area contributed by atoms with E-state index in [2.05, 4.69) is 29.1 Å². The van der Waals surface area contributed by atoms with Crippen molar-refractivity contribution in [3.05, 3.63) is 24.3 Å². The van der Waals surface area contributed by atoms with Gasteiger partial charge in [0.05, 0.1) is 18.9 Å². The van der Waals surface area contributed by atoms with Crippen molar-refractivity contribution in [3.63, 3.8) is 0 Å². The maximum atomic E-state index is 12.5. The van der Waals surface area contributed by atoms with Gasteiger partial charge < -0.3 is 19.1 Å². The highest BCUT2D eigenvalue weighted by molar-refractivity contribution is 5.86. The molecule has 1 aromatic carbocycles. The van der Waals surface area contributed by atoms with Gasteiger partial charge in [-0.05, 0) is 25.6 Å². The van der Waals surface area contributed by atoms with Crippen LogP contribution in [-0.4, -0.2) is 82.1 Å². The summed E-state index contributed by atoms with van der Waals surface area (Å²) in [6.07, 6.45) is 5.11. The molecule has 0 unspecified atom stereocenters. The van der Waals surface area contributed by atoms with E-state index in [1.807, 2.05) is 24.3 Å². The standard InChI is InChI=1S/C23H39N3O4/c1-4-5-6-7-10-17-29-22-12-9-8-11-21(22)24-23(27)30-20(19-28-3)18-26-15-13-25(2)14-16-26/h8-9,11-12,20H,4-7,10,13-19H2,1-3H3,(H,24,27)/t20-/m0/s1. The van der Waals surface area contributed by atoms with E-state index < -0.39 is 6.09 Å². The van der Waals surface area contributed by atoms with Gasteiger partial charge in [-0.25, -0.2) is 4.79 Å². The Kier molecular flexibility index (Phi) is 11.6. The van der Waals surface area contributed by atoms with E-state index in [-0.39, 0.29) is 6.10 Å². The van der Waals surface area contributed by atoms with Gasteiger partial charge >= 0.3 is 6.09 Å². The number of unbranched alkanes of at least 4 members (excludes halogenated alkanes) is 4. The molecule has 0 radical (unpaired) electrons. The van der Waals surface area contributed by atoms with Crippen molar-refractivity contribution in [1.82, 2.24) is 9.80 Å². The van der Waals surface area contributed by atoms with Gasteiger partial charge in [0.15, 0.2) is 0 Å². The van der Waals surface area contributed by atoms with Crippen LogP contribution in [0.15, 0.2) is 24.3 Å². The third-order valence-electron chi connectivity index (χ3n) is 5.31. The van der Waals surface area contributed by atoms with Crippen molar-refractivity contribution in [2.75, 3.05) is 65.4 Å². The van der Waals surface area contributed by atoms with Crippen molar-refractivity contribution >= 4 is 11.8 Å². The minimum atomic E-state index is -0.481. The van der Waals surface area contributed by atoms with Crippen LogP contribution in [-0.2, 0) is 9.47 Å². The molecule has 7 heteroatoms. The van der Waals surface area contributed by atoms with Gasteiger partial charge in [0, 0.05) is 39.8 Å². The second kappa shape index (κ2) is 14.2. The van der Waals surface area contributed by atoms with Crippen molar-refractivity contribution < 1.29 is 19.0 Å². The fraction of sp³-hybridized carbons (Fsp3) is 0.696. The summed E-state index contributed by atoms with van der Waals surface area (Å²) >= 11 is 0. The predicted octanol–water partition coefficient (Wildman–Crippen LogP) is 3.85. The maximum Gasteiger partial charge on any atom is 0.412 e. The number of methoxy groups -OCH3 is 1. The fourth-order valence-electron chi connectivity index (χ4n) is 3.50. The first-order valence-electron chi connectivity index (χ1n) is 11.2. The molecule has 170 valence electrons. The Hall–Kier alpha value is -1.83. The Balaban J connectivity index is 1.81. The molecule has 1 aliphatic heterocycles. The number of nitrogens with one attached hydrogen (secondary N) is 1. The van der Waals surface area contributed by atoms with Gasteiger partial charge in [0.1, 0.15) is 11.9 Å². The molecule has 1 amide bonds. The quantitative estimate of drug-likeness (QED) is 0.488. The Morgan fingerprint density at radius 2 is 1.83 bits per heavy atom. The largest absolute Gasteiger partial charge is 0.491 e. The molecule has 7 nitrogen and oxygen atoms in total. The first kappa shape index (κ1) is 24.4. The minimum Gasteiger partial charge on any atom is -0.491 e. The number of benzene rings is 1. The van der Waals surface area contributed by atoms with Crippen LogP contribution in [0.5, 0.6) is 5.75 Å². The van der Waals surface area contributed by atoms with Crippen molar-refractivity contribution in [2.45, 2.75) is 45.1 Å². The summed E-state index contributed by atoms with van der Waals surface area (Å²) in [5.41, 5.74) is 0.631. The van der Waals surface area contributed by atoms with E-state index in [1.54, 1.807) is 7.11 Å². The van der Waals surface area contributed by atoms with E-state index in [9.17, 15) is 4.79 Å². The number of piperazine rings is 1. The highest BCUT2D eigenvalue weighted by Crippen LogP contribution is 2.24. The number of carbonyl (C=O) groups is 1. The second-order valence-corrected chi connectivity index (χ2v) is 7.97. The number of hydrogen-bond donors (Lipinski definition) is 1. The van der Waals surface area contributed by atoms with Crippen LogP contribution in [0.2, 0.25) is 0 Å². The average molecular weight is 422 g/mol. The Morgan fingerprint density at radius 1 is 1.10 bits per heavy atom. The number of nitrogens with zero attached hydrogens (tertiary/aromatic N) is 2. The van der Waals surface area contributed by atoms with Crippen molar-refractivity contribution in [3.8, 4) is 5.75 Å². The molecule has 30 heavy (non-hydrogen) atoms. The zero-order chi connectivity index (χ0) is 21.6. The average Bonchev–Trinajstić information content (AvgIpc) is 2.73. The molecule has 0 spiro atoms. The maximum absolute atomic E-state index is 12.5. The van der Waals surface area contributed by atoms with Gasteiger partial charge in [-0.1, -0.05) is 44.7 Å². The van der Waals surface area contributed by atoms with E-state index in [1.165, 1.54) is 19.3 Å². The van der Waals surface area contributed by atoms with E-state index >= 15 is 0 Å². The number of carbonyl (C=O) groups excluding carboxylic acids is 1. The fourth-order valence-corrected chi connectivity index (χ4v) is 3.50. The van der Waals surface area contributed by atoms with E-state index in [0.29, 0.717) is 31.2 Å². The summed E-state index contributed by atoms with van der Waals surface area (Å²) < 4.78 is 16.8. The van der Waals surface area contributed by atoms with Crippen molar-refractivity contribution in [1.29, 1.82) is 0 Å². The second-order valence-electron chi connectivity index (χ2n) is 7.97. The SMILES string of the molecule is CCCCCCCOc1ccccc1NC(=O)O[C@H](COC)CN1CCN(C)CC1. The van der Waals surface area contributed by atoms with Gasteiger partial charge in [-0.2, -0.15) is 0 Å². The van der Waals surface area contributed by atoms with Gasteiger partial charge in [-0.15, -0.1) is 0 Å². The monoisotopic (exact) mass is 421 g/mol. The molecule has 1 aromatic rings. The molecule has 1 saturated heterocycles. The molecule has 1 aliphatic rings. The molecule has 0 aromatic heterocycles. The van der Waals surface area contributed by atoms with Gasteiger partial charge in [-0.3, -0.25) is 10.2 Å². The first-order valence-corrected chi connectivity index (χ1v) is 11.2. The first-order chi connectivity index (χ1) is 14.6. The minimum absolute atomic E-state index is 0.315. The molecule has 1 fully saturated rings. The van der Waals surface area contributed by atoms with Crippen LogP contribution in [0, 0.1) is 0 Å². The molecule has 1 atom stereocenters. The highest BCUT2D eigenvalue weighted by Gasteiger charge is 2.22. The molecule has 2 rings (SSSR count). The summed E-state index contributed by atoms with van der Waals surface area (Å²) in [6, 6.07) is 7.49. The lowest BCUT2D eigenvalue weighted by Gasteiger charge is -2.34. The predicted molar refractivity (Wildman–Crippen MR) is 120 cm³/mol. The number of para-hydroxylation sites is 2. The molecule has 0 aliphatic carbocycles. The molecular formula is C23H39N3O4. The summed E-state index contributed by atoms with van der Waals surface area (Å²) in [6.45, 7) is 7.88. The van der Waals surface area contributed by atoms with Crippen LogP contribution < -0.4 is 10.1 Å². The lowest BCUT2D eigenvalue weighted by Crippen LogP contribution is -2.48. The lowest BCUT2D eigenvalue weighted by atomic mass is 10.2. The number of likely N-dealkylation sites (N-methyl/N-ethyl adjacent to an activating group) is 1. The molecular weight excluding hydrogens is 382 g/mol. The Morgan fingerprint density at radius 3 is 2.57 bits per heavy atom. The summed E-state index contributed by atoms with van der Waals surface area (Å²) in [5, 5.41) is 2.84. The third-order valence-corrected chi connectivity index (χ3v) is 5.31. The zero-order valence-electron chi connectivity index (χ0n) is 18.9. The van der Waals surface area contributed by atoms with Gasteiger partial charge in [0.2, 0.25) is 0 Å². The molecule has 1 heterocycles. The molecule has 1 N–H and O–H groups in total. The zero-order valence-corrected chi connectivity index (χ0v) is 18.9. The van der Waals surface area contributed by atoms with Gasteiger partial charge in [0.25, 0.3) is 0 Å². The number of rotatable bonds is 13. The molecule has 0 bridgehead atoms. The number of amides is 1. The molecule has 0 saturated carbocycles. The summed E-state index contributed by atoms with van der Waals surface area (Å²) in [4.78, 5) is 17.1. The van der Waals surface area contributed by atoms with Crippen LogP contribution in [0.4, 0.5) is 10.5 Å². The topological polar surface area (TPSA) is 63.3 Å². The van der Waals surface area contributed by atoms with Crippen LogP contribution in [0.1, 0.15) is 39.0 Å². The van der Waals surface area contributed by atoms with Crippen LogP contribution in [0.3, 0.4) is 0 Å². The summed E-state index contributed by atoms with van der Waals surface area (Å²) in [5.74, 6) is 0.673. The normalized spacial score (nSPS) is 16.2. The van der Waals surface area contributed by atoms with E-state index in [0.717, 1.165) is 39.0 Å². The number of hydrogen-bond acceptors (Lipinski definition) is 6. The smallest absolute Gasteiger partial charge is 0.412 e. The number of anilines is 1. The van der Waals surface area contributed by atoms with Crippen LogP contribution in [0.25, 0.3) is 0 Å². The summed E-state index contributed by atoms with van der Waals surface area (Å²) in [7, 11) is 3.75. The lowest BCUT2D eigenvalue weighted by molar-refractivity contribution is 0.0157. The number of ether oxygens (including phenoxy) is 3. The Bertz CT molecular complexity index is 606. The third kappa shape index (κ3) is 9.32. The van der Waals surface area contributed by atoms with E-state index in [4.69, 9.17) is 14.2 Å². The Labute approximate surface area is 181 Å². The van der Waals surface area contributed by atoms with Crippen molar-refractivity contribution in [2.24, 2.45) is 0 Å². The van der Waals surface area contributed by atoms with Crippen LogP contribution >= 0.6 is 0 Å².